The zero-order valence-electron chi connectivity index (χ0n) is 15.4. The van der Waals surface area contributed by atoms with Crippen molar-refractivity contribution in [3.05, 3.63) is 92.8 Å². The molecule has 0 aliphatic carbocycles. The summed E-state index contributed by atoms with van der Waals surface area (Å²) in [4.78, 5) is 29.8. The van der Waals surface area contributed by atoms with E-state index in [4.69, 9.17) is 16.3 Å². The quantitative estimate of drug-likeness (QED) is 0.332. The van der Waals surface area contributed by atoms with Gasteiger partial charge in [-0.1, -0.05) is 41.9 Å². The van der Waals surface area contributed by atoms with Gasteiger partial charge < -0.3 is 4.74 Å². The SMILES string of the molecule is O=C(CCn1cnc2sccc2c1=O)Oc1ccc(Cl)cc1Cc1ccccc1. The van der Waals surface area contributed by atoms with Crippen molar-refractivity contribution >= 4 is 39.1 Å². The number of aryl methyl sites for hydroxylation is 1. The van der Waals surface area contributed by atoms with E-state index in [-0.39, 0.29) is 18.5 Å². The lowest BCUT2D eigenvalue weighted by molar-refractivity contribution is -0.134. The van der Waals surface area contributed by atoms with Crippen LogP contribution in [-0.2, 0) is 17.8 Å². The van der Waals surface area contributed by atoms with Crippen LogP contribution in [0.3, 0.4) is 0 Å². The summed E-state index contributed by atoms with van der Waals surface area (Å²) in [5.41, 5.74) is 1.77. The van der Waals surface area contributed by atoms with E-state index in [0.29, 0.717) is 27.4 Å². The molecular formula is C22H17ClN2O3S. The van der Waals surface area contributed by atoms with Crippen LogP contribution in [0.4, 0.5) is 0 Å². The molecule has 29 heavy (non-hydrogen) atoms. The lowest BCUT2D eigenvalue weighted by Gasteiger charge is -2.11. The molecule has 7 heteroatoms. The maximum atomic E-state index is 12.4. The Hall–Kier alpha value is -2.96. The summed E-state index contributed by atoms with van der Waals surface area (Å²) in [6.45, 7) is 0.206. The van der Waals surface area contributed by atoms with Crippen LogP contribution in [0.25, 0.3) is 10.2 Å². The third-order valence-corrected chi connectivity index (χ3v) is 5.55. The van der Waals surface area contributed by atoms with Crippen LogP contribution in [0.2, 0.25) is 5.02 Å². The number of ether oxygens (including phenoxy) is 1. The molecule has 0 spiro atoms. The Labute approximate surface area is 176 Å². The number of fused-ring (bicyclic) bond motifs is 1. The van der Waals surface area contributed by atoms with Crippen molar-refractivity contribution in [2.24, 2.45) is 0 Å². The first kappa shape index (κ1) is 19.4. The van der Waals surface area contributed by atoms with E-state index in [1.807, 2.05) is 35.7 Å². The molecule has 0 fully saturated rings. The van der Waals surface area contributed by atoms with Gasteiger partial charge in [-0.15, -0.1) is 11.3 Å². The van der Waals surface area contributed by atoms with Gasteiger partial charge in [0.05, 0.1) is 18.1 Å². The summed E-state index contributed by atoms with van der Waals surface area (Å²) in [5, 5.41) is 2.97. The van der Waals surface area contributed by atoms with Crippen LogP contribution >= 0.6 is 22.9 Å². The summed E-state index contributed by atoms with van der Waals surface area (Å²) < 4.78 is 7.01. The van der Waals surface area contributed by atoms with E-state index in [2.05, 4.69) is 4.98 Å². The number of benzene rings is 2. The number of hydrogen-bond acceptors (Lipinski definition) is 5. The fourth-order valence-electron chi connectivity index (χ4n) is 3.04. The highest BCUT2D eigenvalue weighted by Crippen LogP contribution is 2.26. The van der Waals surface area contributed by atoms with Crippen molar-refractivity contribution in [2.75, 3.05) is 0 Å². The summed E-state index contributed by atoms with van der Waals surface area (Å²) in [6.07, 6.45) is 2.13. The molecule has 0 aliphatic rings. The highest BCUT2D eigenvalue weighted by atomic mass is 35.5. The zero-order valence-corrected chi connectivity index (χ0v) is 16.9. The van der Waals surface area contributed by atoms with Crippen LogP contribution in [0.1, 0.15) is 17.5 Å². The lowest BCUT2D eigenvalue weighted by atomic mass is 10.0. The van der Waals surface area contributed by atoms with Gasteiger partial charge in [0.2, 0.25) is 0 Å². The number of aromatic nitrogens is 2. The van der Waals surface area contributed by atoms with Gasteiger partial charge in [-0.25, -0.2) is 4.98 Å². The summed E-state index contributed by atoms with van der Waals surface area (Å²) in [5.74, 6) is 0.0564. The molecule has 0 amide bonds. The number of esters is 1. The number of thiophene rings is 1. The smallest absolute Gasteiger partial charge is 0.313 e. The third-order valence-electron chi connectivity index (χ3n) is 4.49. The molecule has 0 saturated carbocycles. The fourth-order valence-corrected chi connectivity index (χ4v) is 3.96. The van der Waals surface area contributed by atoms with Crippen LogP contribution in [0.15, 0.2) is 71.1 Å². The Kier molecular flexibility index (Phi) is 5.74. The minimum Gasteiger partial charge on any atom is -0.426 e. The fraction of sp³-hybridized carbons (Fsp3) is 0.136. The highest BCUT2D eigenvalue weighted by Gasteiger charge is 2.12. The van der Waals surface area contributed by atoms with Crippen LogP contribution in [-0.4, -0.2) is 15.5 Å². The third kappa shape index (κ3) is 4.55. The molecule has 0 bridgehead atoms. The number of carbonyl (C=O) groups excluding carboxylic acids is 1. The Morgan fingerprint density at radius 3 is 2.79 bits per heavy atom. The zero-order chi connectivity index (χ0) is 20.2. The number of nitrogens with zero attached hydrogens (tertiary/aromatic N) is 2. The molecule has 4 aromatic rings. The normalized spacial score (nSPS) is 10.9. The number of halogens is 1. The van der Waals surface area contributed by atoms with Gasteiger partial charge in [0.15, 0.2) is 0 Å². The topological polar surface area (TPSA) is 61.2 Å². The molecule has 2 aromatic heterocycles. The first-order valence-corrected chi connectivity index (χ1v) is 10.3. The van der Waals surface area contributed by atoms with Gasteiger partial charge in [0.25, 0.3) is 5.56 Å². The standard InChI is InChI=1S/C22H17ClN2O3S/c23-17-6-7-19(16(13-17)12-15-4-2-1-3-5-15)28-20(26)8-10-25-14-24-21-18(22(25)27)9-11-29-21/h1-7,9,11,13-14H,8,10,12H2. The lowest BCUT2D eigenvalue weighted by Crippen LogP contribution is -2.22. The number of rotatable bonds is 6. The molecule has 0 unspecified atom stereocenters. The Bertz CT molecular complexity index is 1220. The predicted molar refractivity (Wildman–Crippen MR) is 115 cm³/mol. The molecule has 0 atom stereocenters. The van der Waals surface area contributed by atoms with Crippen LogP contribution in [0.5, 0.6) is 5.75 Å². The monoisotopic (exact) mass is 424 g/mol. The minimum atomic E-state index is -0.418. The molecule has 5 nitrogen and oxygen atoms in total. The van der Waals surface area contributed by atoms with Crippen molar-refractivity contribution in [1.29, 1.82) is 0 Å². The highest BCUT2D eigenvalue weighted by molar-refractivity contribution is 7.16. The molecular weight excluding hydrogens is 408 g/mol. The van der Waals surface area contributed by atoms with Crippen molar-refractivity contribution in [3.8, 4) is 5.75 Å². The molecule has 0 radical (unpaired) electrons. The van der Waals surface area contributed by atoms with Gasteiger partial charge in [0, 0.05) is 23.6 Å². The summed E-state index contributed by atoms with van der Waals surface area (Å²) in [7, 11) is 0. The van der Waals surface area contributed by atoms with E-state index >= 15 is 0 Å². The first-order valence-electron chi connectivity index (χ1n) is 9.06. The Morgan fingerprint density at radius 1 is 1.14 bits per heavy atom. The molecule has 4 rings (SSSR count). The second kappa shape index (κ2) is 8.59. The minimum absolute atomic E-state index is 0.0602. The van der Waals surface area contributed by atoms with Crippen molar-refractivity contribution < 1.29 is 9.53 Å². The van der Waals surface area contributed by atoms with E-state index < -0.39 is 5.97 Å². The van der Waals surface area contributed by atoms with Crippen molar-refractivity contribution in [2.45, 2.75) is 19.4 Å². The Morgan fingerprint density at radius 2 is 1.97 bits per heavy atom. The average Bonchev–Trinajstić information content (AvgIpc) is 3.20. The molecule has 0 aliphatic heterocycles. The van der Waals surface area contributed by atoms with E-state index in [1.165, 1.54) is 22.2 Å². The second-order valence-electron chi connectivity index (χ2n) is 6.52. The number of hydrogen-bond donors (Lipinski definition) is 0. The van der Waals surface area contributed by atoms with E-state index in [9.17, 15) is 9.59 Å². The maximum Gasteiger partial charge on any atom is 0.313 e. The van der Waals surface area contributed by atoms with Crippen molar-refractivity contribution in [1.82, 2.24) is 9.55 Å². The van der Waals surface area contributed by atoms with Gasteiger partial charge in [-0.2, -0.15) is 0 Å². The average molecular weight is 425 g/mol. The summed E-state index contributed by atoms with van der Waals surface area (Å²) >= 11 is 7.54. The number of carbonyl (C=O) groups is 1. The van der Waals surface area contributed by atoms with Gasteiger partial charge in [-0.05, 0) is 35.2 Å². The van der Waals surface area contributed by atoms with E-state index in [1.54, 1.807) is 24.3 Å². The molecule has 146 valence electrons. The summed E-state index contributed by atoms with van der Waals surface area (Å²) in [6, 6.07) is 16.8. The van der Waals surface area contributed by atoms with Gasteiger partial charge >= 0.3 is 5.97 Å². The largest absolute Gasteiger partial charge is 0.426 e. The van der Waals surface area contributed by atoms with Crippen LogP contribution in [0, 0.1) is 0 Å². The first-order chi connectivity index (χ1) is 14.1. The molecule has 2 aromatic carbocycles. The van der Waals surface area contributed by atoms with Crippen molar-refractivity contribution in [3.63, 3.8) is 0 Å². The van der Waals surface area contributed by atoms with Crippen LogP contribution < -0.4 is 10.3 Å². The maximum absolute atomic E-state index is 12.4. The van der Waals surface area contributed by atoms with E-state index in [0.717, 1.165) is 11.1 Å². The molecule has 2 heterocycles. The second-order valence-corrected chi connectivity index (χ2v) is 7.85. The molecule has 0 saturated heterocycles. The van der Waals surface area contributed by atoms with Gasteiger partial charge in [-0.3, -0.25) is 14.2 Å². The molecule has 0 N–H and O–H groups in total. The van der Waals surface area contributed by atoms with Gasteiger partial charge in [0.1, 0.15) is 10.6 Å². The Balaban J connectivity index is 1.46. The predicted octanol–water partition coefficient (Wildman–Crippen LogP) is 4.70.